The van der Waals surface area contributed by atoms with Gasteiger partial charge in [0.05, 0.1) is 5.56 Å². The molecule has 0 fully saturated rings. The molecular formula is C16H17NO2. The summed E-state index contributed by atoms with van der Waals surface area (Å²) in [6, 6.07) is 10.8. The minimum absolute atomic E-state index is 0.00661. The molecular weight excluding hydrogens is 238 g/mol. The van der Waals surface area contributed by atoms with Gasteiger partial charge in [-0.1, -0.05) is 29.3 Å². The largest absolute Gasteiger partial charge is 0.507 e. The first-order chi connectivity index (χ1) is 8.97. The van der Waals surface area contributed by atoms with Crippen LogP contribution < -0.4 is 5.32 Å². The smallest absolute Gasteiger partial charge is 0.259 e. The Balaban J connectivity index is 2.28. The standard InChI is InChI=1S/C16H17NO2/c1-10-4-6-14(12(3)8-10)17-16(19)13-9-11(2)5-7-15(13)18/h4-9,18H,1-3H3,(H,17,19). The highest BCUT2D eigenvalue weighted by molar-refractivity contribution is 6.06. The first-order valence-electron chi connectivity index (χ1n) is 6.15. The fourth-order valence-electron chi connectivity index (χ4n) is 1.98. The van der Waals surface area contributed by atoms with Gasteiger partial charge in [-0.2, -0.15) is 0 Å². The van der Waals surface area contributed by atoms with E-state index in [0.29, 0.717) is 5.56 Å². The number of hydrogen-bond acceptors (Lipinski definition) is 2. The highest BCUT2D eigenvalue weighted by atomic mass is 16.3. The zero-order valence-corrected chi connectivity index (χ0v) is 11.3. The molecule has 2 rings (SSSR count). The van der Waals surface area contributed by atoms with E-state index in [0.717, 1.165) is 22.4 Å². The van der Waals surface area contributed by atoms with Gasteiger partial charge >= 0.3 is 0 Å². The van der Waals surface area contributed by atoms with Crippen molar-refractivity contribution in [3.05, 3.63) is 58.7 Å². The van der Waals surface area contributed by atoms with Crippen molar-refractivity contribution >= 4 is 11.6 Å². The van der Waals surface area contributed by atoms with E-state index in [2.05, 4.69) is 5.32 Å². The summed E-state index contributed by atoms with van der Waals surface area (Å²) in [7, 11) is 0. The van der Waals surface area contributed by atoms with Crippen molar-refractivity contribution in [2.24, 2.45) is 0 Å². The number of carbonyl (C=O) groups is 1. The fourth-order valence-corrected chi connectivity index (χ4v) is 1.98. The summed E-state index contributed by atoms with van der Waals surface area (Å²) in [6.07, 6.45) is 0. The Hall–Kier alpha value is -2.29. The molecule has 0 aromatic heterocycles. The second-order valence-corrected chi connectivity index (χ2v) is 4.79. The number of carbonyl (C=O) groups excluding carboxylic acids is 1. The SMILES string of the molecule is Cc1ccc(NC(=O)c2cc(C)ccc2O)c(C)c1. The predicted octanol–water partition coefficient (Wildman–Crippen LogP) is 3.57. The molecule has 2 aromatic carbocycles. The van der Waals surface area contributed by atoms with Crippen molar-refractivity contribution in [1.82, 2.24) is 0 Å². The number of phenolic OH excluding ortho intramolecular Hbond substituents is 1. The zero-order valence-electron chi connectivity index (χ0n) is 11.3. The molecule has 0 radical (unpaired) electrons. The van der Waals surface area contributed by atoms with Crippen molar-refractivity contribution in [2.75, 3.05) is 5.32 Å². The lowest BCUT2D eigenvalue weighted by molar-refractivity contribution is 0.102. The molecule has 0 saturated carbocycles. The maximum Gasteiger partial charge on any atom is 0.259 e. The van der Waals surface area contributed by atoms with Crippen LogP contribution in [0.1, 0.15) is 27.0 Å². The molecule has 0 atom stereocenters. The number of phenols is 1. The van der Waals surface area contributed by atoms with Crippen LogP contribution in [0, 0.1) is 20.8 Å². The molecule has 0 aliphatic rings. The first kappa shape index (κ1) is 13.1. The van der Waals surface area contributed by atoms with Crippen LogP contribution in [0.25, 0.3) is 0 Å². The van der Waals surface area contributed by atoms with E-state index in [1.807, 2.05) is 39.0 Å². The molecule has 0 heterocycles. The van der Waals surface area contributed by atoms with E-state index < -0.39 is 0 Å². The van der Waals surface area contributed by atoms with E-state index in [1.54, 1.807) is 12.1 Å². The first-order valence-corrected chi connectivity index (χ1v) is 6.15. The lowest BCUT2D eigenvalue weighted by atomic mass is 10.1. The summed E-state index contributed by atoms with van der Waals surface area (Å²) in [4.78, 5) is 12.2. The number of aromatic hydroxyl groups is 1. The van der Waals surface area contributed by atoms with E-state index in [9.17, 15) is 9.90 Å². The van der Waals surface area contributed by atoms with Crippen LogP contribution in [0.2, 0.25) is 0 Å². The molecule has 1 amide bonds. The minimum atomic E-state index is -0.298. The summed E-state index contributed by atoms with van der Waals surface area (Å²) in [5.74, 6) is -0.305. The second kappa shape index (κ2) is 5.14. The van der Waals surface area contributed by atoms with Crippen molar-refractivity contribution in [3.8, 4) is 5.75 Å². The molecule has 2 aromatic rings. The molecule has 0 bridgehead atoms. The van der Waals surface area contributed by atoms with Crippen molar-refractivity contribution in [1.29, 1.82) is 0 Å². The van der Waals surface area contributed by atoms with Crippen LogP contribution in [-0.2, 0) is 0 Å². The Kier molecular flexibility index (Phi) is 3.56. The van der Waals surface area contributed by atoms with Crippen LogP contribution in [-0.4, -0.2) is 11.0 Å². The number of hydrogen-bond donors (Lipinski definition) is 2. The molecule has 3 heteroatoms. The topological polar surface area (TPSA) is 49.3 Å². The van der Waals surface area contributed by atoms with Crippen LogP contribution in [0.4, 0.5) is 5.69 Å². The van der Waals surface area contributed by atoms with E-state index in [4.69, 9.17) is 0 Å². The third-order valence-corrected chi connectivity index (χ3v) is 3.03. The van der Waals surface area contributed by atoms with Crippen LogP contribution >= 0.6 is 0 Å². The summed E-state index contributed by atoms with van der Waals surface area (Å²) < 4.78 is 0. The Morgan fingerprint density at radius 1 is 1.00 bits per heavy atom. The van der Waals surface area contributed by atoms with Gasteiger partial charge < -0.3 is 10.4 Å². The Bertz CT molecular complexity index is 633. The van der Waals surface area contributed by atoms with Crippen molar-refractivity contribution in [3.63, 3.8) is 0 Å². The molecule has 0 unspecified atom stereocenters. The van der Waals surface area contributed by atoms with Crippen LogP contribution in [0.3, 0.4) is 0 Å². The van der Waals surface area contributed by atoms with Gasteiger partial charge in [-0.3, -0.25) is 4.79 Å². The summed E-state index contributed by atoms with van der Waals surface area (Å²) in [5.41, 5.74) is 4.13. The van der Waals surface area contributed by atoms with E-state index in [1.165, 1.54) is 6.07 Å². The molecule has 19 heavy (non-hydrogen) atoms. The van der Waals surface area contributed by atoms with Gasteiger partial charge in [0.15, 0.2) is 0 Å². The minimum Gasteiger partial charge on any atom is -0.507 e. The van der Waals surface area contributed by atoms with Gasteiger partial charge in [-0.25, -0.2) is 0 Å². The van der Waals surface area contributed by atoms with Gasteiger partial charge in [0, 0.05) is 5.69 Å². The predicted molar refractivity (Wildman–Crippen MR) is 76.7 cm³/mol. The van der Waals surface area contributed by atoms with Crippen molar-refractivity contribution in [2.45, 2.75) is 20.8 Å². The third kappa shape index (κ3) is 2.94. The molecule has 0 aliphatic carbocycles. The fraction of sp³-hybridized carbons (Fsp3) is 0.188. The summed E-state index contributed by atoms with van der Waals surface area (Å²) >= 11 is 0. The molecule has 2 N–H and O–H groups in total. The van der Waals surface area contributed by atoms with Crippen LogP contribution in [0.5, 0.6) is 5.75 Å². The van der Waals surface area contributed by atoms with E-state index >= 15 is 0 Å². The lowest BCUT2D eigenvalue weighted by Crippen LogP contribution is -2.13. The average Bonchev–Trinajstić information content (AvgIpc) is 2.35. The molecule has 0 saturated heterocycles. The Morgan fingerprint density at radius 2 is 1.63 bits per heavy atom. The number of anilines is 1. The van der Waals surface area contributed by atoms with Gasteiger partial charge in [-0.05, 0) is 44.5 Å². The highest BCUT2D eigenvalue weighted by Crippen LogP contribution is 2.21. The molecule has 0 spiro atoms. The number of nitrogens with one attached hydrogen (secondary N) is 1. The second-order valence-electron chi connectivity index (χ2n) is 4.79. The molecule has 0 aliphatic heterocycles. The maximum absolute atomic E-state index is 12.2. The lowest BCUT2D eigenvalue weighted by Gasteiger charge is -2.10. The maximum atomic E-state index is 12.2. The monoisotopic (exact) mass is 255 g/mol. The van der Waals surface area contributed by atoms with E-state index in [-0.39, 0.29) is 11.7 Å². The van der Waals surface area contributed by atoms with Gasteiger partial charge in [0.2, 0.25) is 0 Å². The molecule has 98 valence electrons. The Labute approximate surface area is 112 Å². The van der Waals surface area contributed by atoms with Crippen molar-refractivity contribution < 1.29 is 9.90 Å². The zero-order chi connectivity index (χ0) is 14.0. The quantitative estimate of drug-likeness (QED) is 0.861. The third-order valence-electron chi connectivity index (χ3n) is 3.03. The van der Waals surface area contributed by atoms with Crippen LogP contribution in [0.15, 0.2) is 36.4 Å². The summed E-state index contributed by atoms with van der Waals surface area (Å²) in [5, 5.41) is 12.6. The van der Waals surface area contributed by atoms with Gasteiger partial charge in [0.25, 0.3) is 5.91 Å². The highest BCUT2D eigenvalue weighted by Gasteiger charge is 2.12. The normalized spacial score (nSPS) is 10.3. The molecule has 3 nitrogen and oxygen atoms in total. The average molecular weight is 255 g/mol. The number of rotatable bonds is 2. The van der Waals surface area contributed by atoms with Gasteiger partial charge in [-0.15, -0.1) is 0 Å². The number of benzene rings is 2. The number of amides is 1. The Morgan fingerprint density at radius 3 is 2.32 bits per heavy atom. The van der Waals surface area contributed by atoms with Gasteiger partial charge in [0.1, 0.15) is 5.75 Å². The summed E-state index contributed by atoms with van der Waals surface area (Å²) in [6.45, 7) is 5.83. The number of aryl methyl sites for hydroxylation is 3.